The fourth-order valence-corrected chi connectivity index (χ4v) is 1.86. The predicted molar refractivity (Wildman–Crippen MR) is 61.9 cm³/mol. The van der Waals surface area contributed by atoms with Gasteiger partial charge in [0.1, 0.15) is 0 Å². The first kappa shape index (κ1) is 10.3. The number of hydrogen-bond acceptors (Lipinski definition) is 4. The summed E-state index contributed by atoms with van der Waals surface area (Å²) in [7, 11) is 0. The van der Waals surface area contributed by atoms with Gasteiger partial charge in [0.2, 0.25) is 0 Å². The molecule has 0 bridgehead atoms. The Balaban J connectivity index is 2.10. The summed E-state index contributed by atoms with van der Waals surface area (Å²) in [6, 6.07) is 5.84. The SMILES string of the molecule is Cc1cc(N)ccc1N[C@H]1CNC[C@H]1O. The number of benzene rings is 1. The predicted octanol–water partition coefficient (Wildman–Crippen LogP) is 0.322. The molecule has 1 aromatic rings. The second-order valence-corrected chi connectivity index (χ2v) is 4.05. The minimum Gasteiger partial charge on any atom is -0.399 e. The van der Waals surface area contributed by atoms with Crippen molar-refractivity contribution in [2.75, 3.05) is 24.1 Å². The lowest BCUT2D eigenvalue weighted by Gasteiger charge is -2.18. The molecule has 1 aliphatic heterocycles. The molecule has 0 saturated carbocycles. The summed E-state index contributed by atoms with van der Waals surface area (Å²) in [5, 5.41) is 16.1. The van der Waals surface area contributed by atoms with Gasteiger partial charge in [-0.1, -0.05) is 0 Å². The first-order chi connectivity index (χ1) is 7.16. The van der Waals surface area contributed by atoms with Crippen molar-refractivity contribution in [2.45, 2.75) is 19.1 Å². The van der Waals surface area contributed by atoms with Crippen LogP contribution in [0, 0.1) is 6.92 Å². The number of anilines is 2. The first-order valence-corrected chi connectivity index (χ1v) is 5.18. The monoisotopic (exact) mass is 207 g/mol. The minimum absolute atomic E-state index is 0.0901. The van der Waals surface area contributed by atoms with Crippen LogP contribution >= 0.6 is 0 Å². The number of nitrogen functional groups attached to an aromatic ring is 1. The van der Waals surface area contributed by atoms with Gasteiger partial charge in [-0.05, 0) is 30.7 Å². The van der Waals surface area contributed by atoms with Gasteiger partial charge in [0.05, 0.1) is 12.1 Å². The molecule has 15 heavy (non-hydrogen) atoms. The Hall–Kier alpha value is -1.26. The Morgan fingerprint density at radius 1 is 1.47 bits per heavy atom. The Morgan fingerprint density at radius 3 is 2.87 bits per heavy atom. The molecule has 82 valence electrons. The highest BCUT2D eigenvalue weighted by molar-refractivity contribution is 5.58. The molecule has 0 aromatic heterocycles. The molecule has 4 nitrogen and oxygen atoms in total. The van der Waals surface area contributed by atoms with Crippen LogP contribution in [0.15, 0.2) is 18.2 Å². The standard InChI is InChI=1S/C11H17N3O/c1-7-4-8(12)2-3-9(7)14-10-5-13-6-11(10)15/h2-4,10-11,13-15H,5-6,12H2,1H3/t10-,11+/m0/s1. The van der Waals surface area contributed by atoms with E-state index in [9.17, 15) is 5.11 Å². The zero-order valence-electron chi connectivity index (χ0n) is 8.83. The van der Waals surface area contributed by atoms with Crippen molar-refractivity contribution in [2.24, 2.45) is 0 Å². The topological polar surface area (TPSA) is 70.3 Å². The van der Waals surface area contributed by atoms with Gasteiger partial charge < -0.3 is 21.5 Å². The molecule has 4 heteroatoms. The largest absolute Gasteiger partial charge is 0.399 e. The van der Waals surface area contributed by atoms with Crippen LogP contribution in [0.5, 0.6) is 0 Å². The van der Waals surface area contributed by atoms with Gasteiger partial charge in [-0.15, -0.1) is 0 Å². The molecule has 1 aromatic carbocycles. The van der Waals surface area contributed by atoms with Crippen LogP contribution in [0.3, 0.4) is 0 Å². The van der Waals surface area contributed by atoms with Crippen molar-refractivity contribution in [3.05, 3.63) is 23.8 Å². The molecule has 1 fully saturated rings. The van der Waals surface area contributed by atoms with Crippen molar-refractivity contribution >= 4 is 11.4 Å². The van der Waals surface area contributed by atoms with Gasteiger partial charge in [0, 0.05) is 24.5 Å². The molecule has 5 N–H and O–H groups in total. The van der Waals surface area contributed by atoms with E-state index >= 15 is 0 Å². The summed E-state index contributed by atoms with van der Waals surface area (Å²) in [5.74, 6) is 0. The number of aryl methyl sites for hydroxylation is 1. The van der Waals surface area contributed by atoms with E-state index in [1.807, 2.05) is 25.1 Å². The van der Waals surface area contributed by atoms with Crippen LogP contribution < -0.4 is 16.4 Å². The van der Waals surface area contributed by atoms with E-state index in [1.54, 1.807) is 0 Å². The molecular formula is C11H17N3O. The van der Waals surface area contributed by atoms with Gasteiger partial charge in [-0.25, -0.2) is 0 Å². The second kappa shape index (κ2) is 4.08. The lowest BCUT2D eigenvalue weighted by atomic mass is 10.1. The van der Waals surface area contributed by atoms with E-state index in [-0.39, 0.29) is 12.1 Å². The van der Waals surface area contributed by atoms with Crippen molar-refractivity contribution < 1.29 is 5.11 Å². The molecule has 1 heterocycles. The van der Waals surface area contributed by atoms with Crippen molar-refractivity contribution in [1.82, 2.24) is 5.32 Å². The minimum atomic E-state index is -0.318. The third-order valence-corrected chi connectivity index (χ3v) is 2.77. The summed E-state index contributed by atoms with van der Waals surface area (Å²) in [4.78, 5) is 0. The maximum absolute atomic E-state index is 9.65. The number of aliphatic hydroxyl groups is 1. The zero-order chi connectivity index (χ0) is 10.8. The lowest BCUT2D eigenvalue weighted by molar-refractivity contribution is 0.185. The van der Waals surface area contributed by atoms with E-state index in [1.165, 1.54) is 0 Å². The highest BCUT2D eigenvalue weighted by Crippen LogP contribution is 2.19. The molecular weight excluding hydrogens is 190 g/mol. The number of nitrogens with one attached hydrogen (secondary N) is 2. The van der Waals surface area contributed by atoms with Crippen LogP contribution in [0.25, 0.3) is 0 Å². The molecule has 0 amide bonds. The Morgan fingerprint density at radius 2 is 2.27 bits per heavy atom. The van der Waals surface area contributed by atoms with E-state index in [4.69, 9.17) is 5.73 Å². The van der Waals surface area contributed by atoms with Crippen molar-refractivity contribution in [1.29, 1.82) is 0 Å². The molecule has 1 saturated heterocycles. The number of rotatable bonds is 2. The summed E-state index contributed by atoms with van der Waals surface area (Å²) in [6.07, 6.45) is -0.318. The molecule has 2 rings (SSSR count). The van der Waals surface area contributed by atoms with Crippen LogP contribution in [-0.2, 0) is 0 Å². The van der Waals surface area contributed by atoms with Crippen molar-refractivity contribution in [3.8, 4) is 0 Å². The smallest absolute Gasteiger partial charge is 0.0877 e. The molecule has 0 unspecified atom stereocenters. The number of aliphatic hydroxyl groups excluding tert-OH is 1. The average Bonchev–Trinajstić information content (AvgIpc) is 2.57. The van der Waals surface area contributed by atoms with Gasteiger partial charge in [-0.2, -0.15) is 0 Å². The van der Waals surface area contributed by atoms with E-state index in [0.29, 0.717) is 6.54 Å². The van der Waals surface area contributed by atoms with Crippen LogP contribution in [0.2, 0.25) is 0 Å². The quantitative estimate of drug-likeness (QED) is 0.527. The fraction of sp³-hybridized carbons (Fsp3) is 0.455. The van der Waals surface area contributed by atoms with E-state index < -0.39 is 0 Å². The third-order valence-electron chi connectivity index (χ3n) is 2.77. The van der Waals surface area contributed by atoms with Crippen LogP contribution in [0.1, 0.15) is 5.56 Å². The van der Waals surface area contributed by atoms with Crippen LogP contribution in [-0.4, -0.2) is 30.3 Å². The Bertz CT molecular complexity index is 354. The molecule has 1 aliphatic rings. The highest BCUT2D eigenvalue weighted by Gasteiger charge is 2.24. The van der Waals surface area contributed by atoms with Gasteiger partial charge in [-0.3, -0.25) is 0 Å². The lowest BCUT2D eigenvalue weighted by Crippen LogP contribution is -2.32. The third kappa shape index (κ3) is 2.22. The molecule has 0 radical (unpaired) electrons. The number of nitrogens with two attached hydrogens (primary N) is 1. The summed E-state index contributed by atoms with van der Waals surface area (Å²) < 4.78 is 0. The molecule has 0 aliphatic carbocycles. The summed E-state index contributed by atoms with van der Waals surface area (Å²) in [6.45, 7) is 3.46. The second-order valence-electron chi connectivity index (χ2n) is 4.05. The summed E-state index contributed by atoms with van der Waals surface area (Å²) in [5.41, 5.74) is 8.58. The van der Waals surface area contributed by atoms with Gasteiger partial charge in [0.25, 0.3) is 0 Å². The normalized spacial score (nSPS) is 25.5. The average molecular weight is 207 g/mol. The number of hydrogen-bond donors (Lipinski definition) is 4. The van der Waals surface area contributed by atoms with Crippen LogP contribution in [0.4, 0.5) is 11.4 Å². The van der Waals surface area contributed by atoms with Gasteiger partial charge in [0.15, 0.2) is 0 Å². The maximum atomic E-state index is 9.65. The highest BCUT2D eigenvalue weighted by atomic mass is 16.3. The van der Waals surface area contributed by atoms with Crippen molar-refractivity contribution in [3.63, 3.8) is 0 Å². The fourth-order valence-electron chi connectivity index (χ4n) is 1.86. The molecule has 0 spiro atoms. The Kier molecular flexibility index (Phi) is 2.79. The Labute approximate surface area is 89.5 Å². The van der Waals surface area contributed by atoms with Gasteiger partial charge >= 0.3 is 0 Å². The zero-order valence-corrected chi connectivity index (χ0v) is 8.83. The maximum Gasteiger partial charge on any atom is 0.0877 e. The number of β-amino-alcohol motifs (C(OH)–C–C–N with tert-alkyl or cyclic N) is 1. The molecule has 2 atom stereocenters. The van der Waals surface area contributed by atoms with E-state index in [2.05, 4.69) is 10.6 Å². The first-order valence-electron chi connectivity index (χ1n) is 5.18. The van der Waals surface area contributed by atoms with E-state index in [0.717, 1.165) is 23.5 Å². The summed E-state index contributed by atoms with van der Waals surface area (Å²) >= 11 is 0.